The predicted molar refractivity (Wildman–Crippen MR) is 78.2 cm³/mol. The molecule has 6 heteroatoms. The quantitative estimate of drug-likeness (QED) is 0.472. The third-order valence-electron chi connectivity index (χ3n) is 2.57. The molecular weight excluding hydrogens is 264 g/mol. The van der Waals surface area contributed by atoms with Gasteiger partial charge in [-0.1, -0.05) is 6.07 Å². The van der Waals surface area contributed by atoms with E-state index in [9.17, 15) is 9.59 Å². The van der Waals surface area contributed by atoms with E-state index in [0.29, 0.717) is 17.9 Å². The SMILES string of the molecule is COC(=O)CSCCC(=O)Nc1cccc(N)c1C. The van der Waals surface area contributed by atoms with Gasteiger partial charge in [0.05, 0.1) is 12.9 Å². The van der Waals surface area contributed by atoms with Crippen LogP contribution in [-0.4, -0.2) is 30.5 Å². The molecule has 0 saturated heterocycles. The number of hydrogen-bond donors (Lipinski definition) is 2. The topological polar surface area (TPSA) is 81.4 Å². The fourth-order valence-electron chi connectivity index (χ4n) is 1.38. The number of methoxy groups -OCH3 is 1. The van der Waals surface area contributed by atoms with Crippen molar-refractivity contribution in [3.05, 3.63) is 23.8 Å². The van der Waals surface area contributed by atoms with E-state index in [0.717, 1.165) is 11.3 Å². The highest BCUT2D eigenvalue weighted by molar-refractivity contribution is 7.99. The molecule has 0 heterocycles. The van der Waals surface area contributed by atoms with Crippen LogP contribution in [0.5, 0.6) is 0 Å². The molecule has 0 aliphatic heterocycles. The lowest BCUT2D eigenvalue weighted by atomic mass is 10.1. The van der Waals surface area contributed by atoms with E-state index in [2.05, 4.69) is 10.1 Å². The Morgan fingerprint density at radius 2 is 2.16 bits per heavy atom. The normalized spacial score (nSPS) is 10.0. The van der Waals surface area contributed by atoms with E-state index in [1.54, 1.807) is 12.1 Å². The summed E-state index contributed by atoms with van der Waals surface area (Å²) in [7, 11) is 1.35. The van der Waals surface area contributed by atoms with Crippen LogP contribution in [0.3, 0.4) is 0 Å². The van der Waals surface area contributed by atoms with Gasteiger partial charge in [0.25, 0.3) is 0 Å². The molecule has 0 unspecified atom stereocenters. The Labute approximate surface area is 116 Å². The van der Waals surface area contributed by atoms with Crippen molar-refractivity contribution in [2.75, 3.05) is 29.7 Å². The average Bonchev–Trinajstić information content (AvgIpc) is 2.39. The zero-order valence-electron chi connectivity index (χ0n) is 11.1. The molecule has 0 saturated carbocycles. The van der Waals surface area contributed by atoms with Gasteiger partial charge in [-0.2, -0.15) is 0 Å². The Morgan fingerprint density at radius 1 is 1.42 bits per heavy atom. The van der Waals surface area contributed by atoms with Gasteiger partial charge in [-0.15, -0.1) is 11.8 Å². The molecule has 1 amide bonds. The number of thioether (sulfide) groups is 1. The first-order valence-corrected chi connectivity index (χ1v) is 6.99. The second-order valence-electron chi connectivity index (χ2n) is 3.95. The summed E-state index contributed by atoms with van der Waals surface area (Å²) in [6.45, 7) is 1.86. The van der Waals surface area contributed by atoms with E-state index in [1.807, 2.05) is 13.0 Å². The number of benzene rings is 1. The maximum Gasteiger partial charge on any atom is 0.315 e. The number of nitrogen functional groups attached to an aromatic ring is 1. The van der Waals surface area contributed by atoms with Gasteiger partial charge in [0.15, 0.2) is 0 Å². The smallest absolute Gasteiger partial charge is 0.315 e. The van der Waals surface area contributed by atoms with Gasteiger partial charge in [-0.05, 0) is 24.6 Å². The molecule has 0 aliphatic carbocycles. The second kappa shape index (κ2) is 7.68. The largest absolute Gasteiger partial charge is 0.468 e. The van der Waals surface area contributed by atoms with Gasteiger partial charge in [-0.25, -0.2) is 0 Å². The maximum atomic E-state index is 11.7. The Morgan fingerprint density at radius 3 is 2.84 bits per heavy atom. The molecule has 0 fully saturated rings. The zero-order valence-corrected chi connectivity index (χ0v) is 11.9. The highest BCUT2D eigenvalue weighted by Crippen LogP contribution is 2.20. The van der Waals surface area contributed by atoms with Crippen molar-refractivity contribution >= 4 is 35.0 Å². The Kier molecular flexibility index (Phi) is 6.21. The van der Waals surface area contributed by atoms with Gasteiger partial charge >= 0.3 is 5.97 Å². The van der Waals surface area contributed by atoms with Crippen molar-refractivity contribution in [2.45, 2.75) is 13.3 Å². The molecule has 3 N–H and O–H groups in total. The lowest BCUT2D eigenvalue weighted by Gasteiger charge is -2.09. The molecule has 0 atom stereocenters. The Bertz CT molecular complexity index is 463. The van der Waals surface area contributed by atoms with Crippen molar-refractivity contribution in [3.63, 3.8) is 0 Å². The monoisotopic (exact) mass is 282 g/mol. The van der Waals surface area contributed by atoms with Crippen molar-refractivity contribution in [2.24, 2.45) is 0 Å². The Balaban J connectivity index is 2.35. The van der Waals surface area contributed by atoms with Crippen LogP contribution >= 0.6 is 11.8 Å². The molecule has 1 aromatic rings. The fourth-order valence-corrected chi connectivity index (χ4v) is 2.14. The maximum absolute atomic E-state index is 11.7. The second-order valence-corrected chi connectivity index (χ2v) is 5.05. The average molecular weight is 282 g/mol. The van der Waals surface area contributed by atoms with Crippen LogP contribution in [0.1, 0.15) is 12.0 Å². The van der Waals surface area contributed by atoms with E-state index in [1.165, 1.54) is 18.9 Å². The number of hydrogen-bond acceptors (Lipinski definition) is 5. The molecule has 19 heavy (non-hydrogen) atoms. The summed E-state index contributed by atoms with van der Waals surface area (Å²) in [5.41, 5.74) is 7.99. The number of anilines is 2. The third-order valence-corrected chi connectivity index (χ3v) is 3.50. The summed E-state index contributed by atoms with van der Waals surface area (Å²) in [6, 6.07) is 5.40. The number of nitrogens with one attached hydrogen (secondary N) is 1. The van der Waals surface area contributed by atoms with E-state index < -0.39 is 0 Å². The third kappa shape index (κ3) is 5.21. The molecule has 5 nitrogen and oxygen atoms in total. The number of carbonyl (C=O) groups is 2. The summed E-state index contributed by atoms with van der Waals surface area (Å²) in [5, 5.41) is 2.80. The lowest BCUT2D eigenvalue weighted by molar-refractivity contribution is -0.137. The van der Waals surface area contributed by atoms with Crippen molar-refractivity contribution < 1.29 is 14.3 Å². The summed E-state index contributed by atoms with van der Waals surface area (Å²) >= 11 is 1.37. The molecule has 104 valence electrons. The molecule has 0 aromatic heterocycles. The van der Waals surface area contributed by atoms with Crippen molar-refractivity contribution in [1.29, 1.82) is 0 Å². The minimum absolute atomic E-state index is 0.0916. The minimum Gasteiger partial charge on any atom is -0.468 e. The van der Waals surface area contributed by atoms with Gasteiger partial charge in [0, 0.05) is 23.5 Å². The summed E-state index contributed by atoms with van der Waals surface area (Å²) in [5.74, 6) is 0.465. The van der Waals surface area contributed by atoms with E-state index >= 15 is 0 Å². The van der Waals surface area contributed by atoms with Crippen LogP contribution in [0.15, 0.2) is 18.2 Å². The van der Waals surface area contributed by atoms with E-state index in [4.69, 9.17) is 5.73 Å². The minimum atomic E-state index is -0.280. The molecule has 0 aliphatic rings. The molecule has 0 radical (unpaired) electrons. The molecular formula is C13H18N2O3S. The van der Waals surface area contributed by atoms with Gasteiger partial charge < -0.3 is 15.8 Å². The number of esters is 1. The van der Waals surface area contributed by atoms with Crippen LogP contribution in [0, 0.1) is 6.92 Å². The number of rotatable bonds is 6. The van der Waals surface area contributed by atoms with Crippen LogP contribution in [-0.2, 0) is 14.3 Å². The standard InChI is InChI=1S/C13H18N2O3S/c1-9-10(14)4-3-5-11(9)15-12(16)6-7-19-8-13(17)18-2/h3-5H,6-8,14H2,1-2H3,(H,15,16). The van der Waals surface area contributed by atoms with Crippen LogP contribution in [0.4, 0.5) is 11.4 Å². The number of nitrogens with two attached hydrogens (primary N) is 1. The van der Waals surface area contributed by atoms with Crippen molar-refractivity contribution in [3.8, 4) is 0 Å². The number of amides is 1. The van der Waals surface area contributed by atoms with Crippen LogP contribution in [0.25, 0.3) is 0 Å². The number of carbonyl (C=O) groups excluding carboxylic acids is 2. The highest BCUT2D eigenvalue weighted by atomic mass is 32.2. The van der Waals surface area contributed by atoms with E-state index in [-0.39, 0.29) is 17.6 Å². The van der Waals surface area contributed by atoms with Crippen LogP contribution < -0.4 is 11.1 Å². The first-order valence-electron chi connectivity index (χ1n) is 5.84. The first-order chi connectivity index (χ1) is 9.04. The molecule has 0 bridgehead atoms. The number of ether oxygens (including phenoxy) is 1. The molecule has 0 spiro atoms. The predicted octanol–water partition coefficient (Wildman–Crippen LogP) is 1.81. The lowest BCUT2D eigenvalue weighted by Crippen LogP contribution is -2.14. The zero-order chi connectivity index (χ0) is 14.3. The Hall–Kier alpha value is -1.69. The fraction of sp³-hybridized carbons (Fsp3) is 0.385. The van der Waals surface area contributed by atoms with Gasteiger partial charge in [0.2, 0.25) is 5.91 Å². The summed E-state index contributed by atoms with van der Waals surface area (Å²) < 4.78 is 4.51. The summed E-state index contributed by atoms with van der Waals surface area (Å²) in [6.07, 6.45) is 0.343. The van der Waals surface area contributed by atoms with Crippen LogP contribution in [0.2, 0.25) is 0 Å². The first kappa shape index (κ1) is 15.4. The highest BCUT2D eigenvalue weighted by Gasteiger charge is 2.07. The van der Waals surface area contributed by atoms with Crippen molar-refractivity contribution in [1.82, 2.24) is 0 Å². The van der Waals surface area contributed by atoms with Gasteiger partial charge in [-0.3, -0.25) is 9.59 Å². The molecule has 1 aromatic carbocycles. The summed E-state index contributed by atoms with van der Waals surface area (Å²) in [4.78, 5) is 22.6. The molecule has 1 rings (SSSR count). The van der Waals surface area contributed by atoms with Gasteiger partial charge in [0.1, 0.15) is 0 Å².